The van der Waals surface area contributed by atoms with Crippen molar-refractivity contribution in [1.29, 1.82) is 0 Å². The Morgan fingerprint density at radius 3 is 2.10 bits per heavy atom. The van der Waals surface area contributed by atoms with Crippen molar-refractivity contribution < 1.29 is 19.1 Å². The fraction of sp³-hybridized carbons (Fsp3) is 0.875. The SMILES string of the molecule is CCCC(C)(CCC)C(=O)OC(=O)C1(C)CCOCC1. The molecule has 1 heterocycles. The van der Waals surface area contributed by atoms with Crippen molar-refractivity contribution in [2.45, 2.75) is 66.2 Å². The van der Waals surface area contributed by atoms with Gasteiger partial charge in [0.2, 0.25) is 0 Å². The fourth-order valence-electron chi connectivity index (χ4n) is 2.79. The Labute approximate surface area is 122 Å². The van der Waals surface area contributed by atoms with Crippen LogP contribution in [0.15, 0.2) is 0 Å². The maximum atomic E-state index is 12.4. The lowest BCUT2D eigenvalue weighted by atomic mass is 9.80. The molecule has 0 aliphatic carbocycles. The zero-order valence-corrected chi connectivity index (χ0v) is 13.3. The summed E-state index contributed by atoms with van der Waals surface area (Å²) in [6.45, 7) is 8.97. The second-order valence-corrected chi connectivity index (χ2v) is 6.41. The molecule has 4 heteroatoms. The van der Waals surface area contributed by atoms with Crippen molar-refractivity contribution in [3.8, 4) is 0 Å². The number of esters is 2. The summed E-state index contributed by atoms with van der Waals surface area (Å²) in [5, 5.41) is 0. The first kappa shape index (κ1) is 17.2. The van der Waals surface area contributed by atoms with Gasteiger partial charge in [-0.2, -0.15) is 0 Å². The van der Waals surface area contributed by atoms with Crippen LogP contribution in [0.2, 0.25) is 0 Å². The normalized spacial score (nSPS) is 18.6. The summed E-state index contributed by atoms with van der Waals surface area (Å²) < 4.78 is 10.5. The minimum Gasteiger partial charge on any atom is -0.392 e. The first-order valence-electron chi connectivity index (χ1n) is 7.72. The summed E-state index contributed by atoms with van der Waals surface area (Å²) >= 11 is 0. The summed E-state index contributed by atoms with van der Waals surface area (Å²) in [7, 11) is 0. The summed E-state index contributed by atoms with van der Waals surface area (Å²) in [4.78, 5) is 24.7. The molecule has 0 bridgehead atoms. The maximum absolute atomic E-state index is 12.4. The third kappa shape index (κ3) is 4.05. The van der Waals surface area contributed by atoms with Crippen LogP contribution in [-0.4, -0.2) is 25.2 Å². The molecule has 0 aromatic heterocycles. The molecule has 0 radical (unpaired) electrons. The smallest absolute Gasteiger partial charge is 0.319 e. The molecule has 0 N–H and O–H groups in total. The minimum atomic E-state index is -0.576. The molecule has 4 nitrogen and oxygen atoms in total. The Morgan fingerprint density at radius 2 is 1.65 bits per heavy atom. The monoisotopic (exact) mass is 284 g/mol. The number of ether oxygens (including phenoxy) is 2. The Morgan fingerprint density at radius 1 is 1.15 bits per heavy atom. The third-order valence-electron chi connectivity index (χ3n) is 4.37. The van der Waals surface area contributed by atoms with Gasteiger partial charge in [-0.3, -0.25) is 9.59 Å². The Hall–Kier alpha value is -0.900. The van der Waals surface area contributed by atoms with Crippen molar-refractivity contribution in [3.63, 3.8) is 0 Å². The van der Waals surface area contributed by atoms with Gasteiger partial charge in [0.1, 0.15) is 0 Å². The topological polar surface area (TPSA) is 52.6 Å². The van der Waals surface area contributed by atoms with E-state index in [1.54, 1.807) is 0 Å². The van der Waals surface area contributed by atoms with E-state index in [1.807, 2.05) is 27.7 Å². The van der Waals surface area contributed by atoms with Crippen molar-refractivity contribution >= 4 is 11.9 Å². The van der Waals surface area contributed by atoms with Crippen LogP contribution in [0.3, 0.4) is 0 Å². The minimum absolute atomic E-state index is 0.362. The van der Waals surface area contributed by atoms with Gasteiger partial charge in [-0.15, -0.1) is 0 Å². The van der Waals surface area contributed by atoms with E-state index in [-0.39, 0.29) is 11.9 Å². The van der Waals surface area contributed by atoms with Gasteiger partial charge < -0.3 is 9.47 Å². The van der Waals surface area contributed by atoms with Crippen LogP contribution in [0.1, 0.15) is 66.2 Å². The van der Waals surface area contributed by atoms with Gasteiger partial charge in [-0.1, -0.05) is 26.7 Å². The standard InChI is InChI=1S/C16H28O4/c1-5-7-15(3,8-6-2)13(17)20-14(18)16(4)9-11-19-12-10-16/h5-12H2,1-4H3. The third-order valence-corrected chi connectivity index (χ3v) is 4.37. The molecule has 1 aliphatic rings. The van der Waals surface area contributed by atoms with Crippen molar-refractivity contribution in [2.75, 3.05) is 13.2 Å². The van der Waals surface area contributed by atoms with Gasteiger partial charge in [-0.25, -0.2) is 0 Å². The van der Waals surface area contributed by atoms with Crippen LogP contribution in [0.25, 0.3) is 0 Å². The molecular formula is C16H28O4. The average Bonchev–Trinajstić information content (AvgIpc) is 2.40. The predicted octanol–water partition coefficient (Wildman–Crippen LogP) is 3.48. The Kier molecular flexibility index (Phi) is 6.18. The van der Waals surface area contributed by atoms with Crippen LogP contribution in [-0.2, 0) is 19.1 Å². The van der Waals surface area contributed by atoms with E-state index < -0.39 is 10.8 Å². The van der Waals surface area contributed by atoms with Crippen LogP contribution < -0.4 is 0 Å². The average molecular weight is 284 g/mol. The molecule has 0 atom stereocenters. The molecule has 0 aromatic rings. The summed E-state index contributed by atoms with van der Waals surface area (Å²) in [6.07, 6.45) is 4.57. The van der Waals surface area contributed by atoms with Gasteiger partial charge in [0.05, 0.1) is 10.8 Å². The van der Waals surface area contributed by atoms with Crippen molar-refractivity contribution in [2.24, 2.45) is 10.8 Å². The second-order valence-electron chi connectivity index (χ2n) is 6.41. The lowest BCUT2D eigenvalue weighted by Crippen LogP contribution is -2.40. The van der Waals surface area contributed by atoms with E-state index in [4.69, 9.17) is 9.47 Å². The van der Waals surface area contributed by atoms with E-state index in [0.717, 1.165) is 25.7 Å². The Balaban J connectivity index is 2.69. The first-order valence-corrected chi connectivity index (χ1v) is 7.72. The molecule has 0 spiro atoms. The lowest BCUT2D eigenvalue weighted by Gasteiger charge is -2.32. The summed E-state index contributed by atoms with van der Waals surface area (Å²) in [5.41, 5.74) is -1.12. The molecule has 20 heavy (non-hydrogen) atoms. The first-order chi connectivity index (χ1) is 9.38. The fourth-order valence-corrected chi connectivity index (χ4v) is 2.79. The maximum Gasteiger partial charge on any atom is 0.319 e. The van der Waals surface area contributed by atoms with E-state index in [1.165, 1.54) is 0 Å². The molecule has 1 fully saturated rings. The second kappa shape index (κ2) is 7.21. The highest BCUT2D eigenvalue weighted by Crippen LogP contribution is 2.35. The van der Waals surface area contributed by atoms with Gasteiger partial charge >= 0.3 is 11.9 Å². The quantitative estimate of drug-likeness (QED) is 0.553. The van der Waals surface area contributed by atoms with Gasteiger partial charge in [0.15, 0.2) is 0 Å². The molecule has 116 valence electrons. The molecule has 1 aliphatic heterocycles. The number of carbonyl (C=O) groups excluding carboxylic acids is 2. The summed E-state index contributed by atoms with van der Waals surface area (Å²) in [5.74, 6) is -0.747. The number of carbonyl (C=O) groups is 2. The zero-order chi connectivity index (χ0) is 15.2. The van der Waals surface area contributed by atoms with Crippen LogP contribution in [0.5, 0.6) is 0 Å². The van der Waals surface area contributed by atoms with E-state index in [9.17, 15) is 9.59 Å². The van der Waals surface area contributed by atoms with Crippen LogP contribution in [0, 0.1) is 10.8 Å². The van der Waals surface area contributed by atoms with E-state index >= 15 is 0 Å². The van der Waals surface area contributed by atoms with Gasteiger partial charge in [-0.05, 0) is 39.5 Å². The zero-order valence-electron chi connectivity index (χ0n) is 13.3. The number of hydrogen-bond donors (Lipinski definition) is 0. The number of rotatable bonds is 6. The molecule has 0 unspecified atom stereocenters. The molecule has 1 saturated heterocycles. The highest BCUT2D eigenvalue weighted by molar-refractivity contribution is 5.91. The highest BCUT2D eigenvalue weighted by Gasteiger charge is 2.41. The molecule has 0 saturated carbocycles. The number of hydrogen-bond acceptors (Lipinski definition) is 4. The largest absolute Gasteiger partial charge is 0.392 e. The predicted molar refractivity (Wildman–Crippen MR) is 77.2 cm³/mol. The van der Waals surface area contributed by atoms with Crippen molar-refractivity contribution in [1.82, 2.24) is 0 Å². The van der Waals surface area contributed by atoms with Crippen LogP contribution in [0.4, 0.5) is 0 Å². The van der Waals surface area contributed by atoms with Crippen molar-refractivity contribution in [3.05, 3.63) is 0 Å². The molecule has 0 amide bonds. The lowest BCUT2D eigenvalue weighted by molar-refractivity contribution is -0.177. The highest BCUT2D eigenvalue weighted by atomic mass is 16.6. The Bertz CT molecular complexity index is 336. The molecular weight excluding hydrogens is 256 g/mol. The summed E-state index contributed by atoms with van der Waals surface area (Å²) in [6, 6.07) is 0. The van der Waals surface area contributed by atoms with Gasteiger partial charge in [0, 0.05) is 13.2 Å². The van der Waals surface area contributed by atoms with E-state index in [0.29, 0.717) is 26.1 Å². The van der Waals surface area contributed by atoms with Gasteiger partial charge in [0.25, 0.3) is 0 Å². The van der Waals surface area contributed by atoms with E-state index in [2.05, 4.69) is 0 Å². The molecule has 1 rings (SSSR count). The molecule has 0 aromatic carbocycles. The van der Waals surface area contributed by atoms with Crippen LogP contribution >= 0.6 is 0 Å².